The third-order valence-electron chi connectivity index (χ3n) is 3.71. The Labute approximate surface area is 146 Å². The van der Waals surface area contributed by atoms with E-state index in [1.807, 2.05) is 11.0 Å². The van der Waals surface area contributed by atoms with E-state index in [2.05, 4.69) is 20.1 Å². The lowest BCUT2D eigenvalue weighted by molar-refractivity contribution is -0.138. The molecule has 3 heterocycles. The maximum Gasteiger partial charge on any atom is 0.445 e. The highest BCUT2D eigenvalue weighted by molar-refractivity contribution is 7.15. The summed E-state index contributed by atoms with van der Waals surface area (Å²) < 4.78 is 37.9. The molecule has 2 aromatic rings. The second-order valence-electron chi connectivity index (χ2n) is 5.49. The van der Waals surface area contributed by atoms with Crippen molar-refractivity contribution < 1.29 is 13.2 Å². The molecule has 0 spiro atoms. The fourth-order valence-electron chi connectivity index (χ4n) is 2.54. The average Bonchev–Trinajstić information content (AvgIpc) is 2.92. The van der Waals surface area contributed by atoms with Gasteiger partial charge >= 0.3 is 6.18 Å². The second kappa shape index (κ2) is 7.20. The molecule has 0 bridgehead atoms. The average molecular weight is 378 g/mol. The van der Waals surface area contributed by atoms with E-state index < -0.39 is 11.2 Å². The van der Waals surface area contributed by atoms with Crippen molar-refractivity contribution in [1.82, 2.24) is 20.1 Å². The van der Waals surface area contributed by atoms with Crippen LogP contribution in [0.25, 0.3) is 0 Å². The predicted molar refractivity (Wildman–Crippen MR) is 86.3 cm³/mol. The predicted octanol–water partition coefficient (Wildman–Crippen LogP) is 3.32. The van der Waals surface area contributed by atoms with E-state index in [0.29, 0.717) is 34.7 Å². The summed E-state index contributed by atoms with van der Waals surface area (Å²) in [6, 6.07) is 3.68. The van der Waals surface area contributed by atoms with Crippen molar-refractivity contribution in [3.05, 3.63) is 34.1 Å². The smallest absolute Gasteiger partial charge is 0.345 e. The van der Waals surface area contributed by atoms with E-state index in [1.54, 1.807) is 12.3 Å². The number of alkyl halides is 3. The highest BCUT2D eigenvalue weighted by Gasteiger charge is 2.36. The van der Waals surface area contributed by atoms with Gasteiger partial charge in [0.05, 0.1) is 0 Å². The Hall–Kier alpha value is -1.45. The quantitative estimate of drug-likeness (QED) is 0.768. The summed E-state index contributed by atoms with van der Waals surface area (Å²) in [6.45, 7) is 3.63. The zero-order valence-corrected chi connectivity index (χ0v) is 14.2. The summed E-state index contributed by atoms with van der Waals surface area (Å²) in [7, 11) is 0. The lowest BCUT2D eigenvalue weighted by Gasteiger charge is -2.21. The van der Waals surface area contributed by atoms with Crippen LogP contribution in [0.4, 0.5) is 18.3 Å². The highest BCUT2D eigenvalue weighted by atomic mass is 35.5. The zero-order valence-electron chi connectivity index (χ0n) is 12.6. The molecule has 10 heteroatoms. The van der Waals surface area contributed by atoms with Crippen LogP contribution in [-0.2, 0) is 12.7 Å². The SMILES string of the molecule is FC(F)(F)c1nnc(N2CCCN(Cc3ccc(Cl)nc3)CC2)s1. The van der Waals surface area contributed by atoms with Gasteiger partial charge in [-0.2, -0.15) is 13.2 Å². The summed E-state index contributed by atoms with van der Waals surface area (Å²) in [5, 5.41) is 6.84. The summed E-state index contributed by atoms with van der Waals surface area (Å²) in [5.41, 5.74) is 1.06. The van der Waals surface area contributed by atoms with Gasteiger partial charge in [0.2, 0.25) is 10.1 Å². The van der Waals surface area contributed by atoms with Gasteiger partial charge in [0.15, 0.2) is 0 Å². The van der Waals surface area contributed by atoms with E-state index in [-0.39, 0.29) is 0 Å². The molecule has 24 heavy (non-hydrogen) atoms. The molecule has 1 saturated heterocycles. The minimum absolute atomic E-state index is 0.331. The van der Waals surface area contributed by atoms with Crippen LogP contribution in [0.15, 0.2) is 18.3 Å². The normalized spacial score (nSPS) is 17.1. The van der Waals surface area contributed by atoms with Crippen LogP contribution < -0.4 is 4.90 Å². The van der Waals surface area contributed by atoms with Crippen molar-refractivity contribution in [1.29, 1.82) is 0 Å². The first-order valence-electron chi connectivity index (χ1n) is 7.40. The van der Waals surface area contributed by atoms with Crippen molar-refractivity contribution >= 4 is 28.1 Å². The van der Waals surface area contributed by atoms with Gasteiger partial charge in [-0.15, -0.1) is 10.2 Å². The largest absolute Gasteiger partial charge is 0.445 e. The van der Waals surface area contributed by atoms with Gasteiger partial charge in [-0.1, -0.05) is 29.0 Å². The Kier molecular flexibility index (Phi) is 5.21. The fraction of sp³-hybridized carbons (Fsp3) is 0.500. The third-order valence-corrected chi connectivity index (χ3v) is 4.96. The topological polar surface area (TPSA) is 45.2 Å². The van der Waals surface area contributed by atoms with Gasteiger partial charge in [0, 0.05) is 38.9 Å². The van der Waals surface area contributed by atoms with Crippen LogP contribution in [0.3, 0.4) is 0 Å². The van der Waals surface area contributed by atoms with Gasteiger partial charge in [-0.25, -0.2) is 4.98 Å². The first-order valence-corrected chi connectivity index (χ1v) is 8.60. The molecular formula is C14H15ClF3N5S. The van der Waals surface area contributed by atoms with Crippen LogP contribution >= 0.6 is 22.9 Å². The molecule has 2 aromatic heterocycles. The van der Waals surface area contributed by atoms with Crippen molar-refractivity contribution in [2.24, 2.45) is 0 Å². The summed E-state index contributed by atoms with van der Waals surface area (Å²) in [5.74, 6) is 0. The molecule has 1 aliphatic rings. The maximum atomic E-state index is 12.6. The van der Waals surface area contributed by atoms with E-state index in [0.717, 1.165) is 31.6 Å². The number of hydrogen-bond acceptors (Lipinski definition) is 6. The van der Waals surface area contributed by atoms with Gasteiger partial charge < -0.3 is 4.90 Å². The van der Waals surface area contributed by atoms with Gasteiger partial charge in [0.25, 0.3) is 0 Å². The Morgan fingerprint density at radius 1 is 1.12 bits per heavy atom. The maximum absolute atomic E-state index is 12.6. The Morgan fingerprint density at radius 3 is 2.62 bits per heavy atom. The van der Waals surface area contributed by atoms with Crippen molar-refractivity contribution in [2.45, 2.75) is 19.1 Å². The second-order valence-corrected chi connectivity index (χ2v) is 6.84. The molecule has 1 fully saturated rings. The van der Waals surface area contributed by atoms with Gasteiger partial charge in [-0.05, 0) is 18.1 Å². The molecule has 0 aliphatic carbocycles. The van der Waals surface area contributed by atoms with E-state index >= 15 is 0 Å². The number of halogens is 4. The summed E-state index contributed by atoms with van der Waals surface area (Å²) >= 11 is 6.38. The third kappa shape index (κ3) is 4.34. The monoisotopic (exact) mass is 377 g/mol. The number of anilines is 1. The van der Waals surface area contributed by atoms with E-state index in [1.165, 1.54) is 0 Å². The minimum atomic E-state index is -4.44. The number of aromatic nitrogens is 3. The highest BCUT2D eigenvalue weighted by Crippen LogP contribution is 2.34. The van der Waals surface area contributed by atoms with Crippen molar-refractivity contribution in [3.63, 3.8) is 0 Å². The molecular weight excluding hydrogens is 363 g/mol. The number of hydrogen-bond donors (Lipinski definition) is 0. The van der Waals surface area contributed by atoms with Gasteiger partial charge in [0.1, 0.15) is 5.15 Å². The number of nitrogens with zero attached hydrogens (tertiary/aromatic N) is 5. The molecule has 3 rings (SSSR count). The lowest BCUT2D eigenvalue weighted by Crippen LogP contribution is -2.30. The van der Waals surface area contributed by atoms with Gasteiger partial charge in [-0.3, -0.25) is 4.90 Å². The molecule has 0 radical (unpaired) electrons. The first-order chi connectivity index (χ1) is 11.4. The Balaban J connectivity index is 1.60. The molecule has 0 aromatic carbocycles. The van der Waals surface area contributed by atoms with Crippen LogP contribution in [-0.4, -0.2) is 46.3 Å². The van der Waals surface area contributed by atoms with E-state index in [4.69, 9.17) is 11.6 Å². The molecule has 5 nitrogen and oxygen atoms in total. The lowest BCUT2D eigenvalue weighted by atomic mass is 10.2. The summed E-state index contributed by atoms with van der Waals surface area (Å²) in [4.78, 5) is 8.18. The molecule has 0 amide bonds. The minimum Gasteiger partial charge on any atom is -0.345 e. The Morgan fingerprint density at radius 2 is 1.96 bits per heavy atom. The zero-order chi connectivity index (χ0) is 17.2. The molecule has 0 unspecified atom stereocenters. The molecule has 130 valence electrons. The molecule has 0 saturated carbocycles. The first kappa shape index (κ1) is 17.4. The Bertz CT molecular complexity index is 676. The van der Waals surface area contributed by atoms with Crippen LogP contribution in [0.5, 0.6) is 0 Å². The fourth-order valence-corrected chi connectivity index (χ4v) is 3.41. The van der Waals surface area contributed by atoms with Crippen LogP contribution in [0.1, 0.15) is 17.0 Å². The molecule has 1 aliphatic heterocycles. The summed E-state index contributed by atoms with van der Waals surface area (Å²) in [6.07, 6.45) is -1.84. The standard InChI is InChI=1S/C14H15ClF3N5S/c15-11-3-2-10(8-19-11)9-22-4-1-5-23(7-6-22)13-21-20-12(24-13)14(16,17)18/h2-3,8H,1,4-7,9H2. The van der Waals surface area contributed by atoms with E-state index in [9.17, 15) is 13.2 Å². The van der Waals surface area contributed by atoms with Crippen molar-refractivity contribution in [3.8, 4) is 0 Å². The van der Waals surface area contributed by atoms with Crippen LogP contribution in [0.2, 0.25) is 5.15 Å². The molecule has 0 N–H and O–H groups in total. The van der Waals surface area contributed by atoms with Crippen LogP contribution in [0, 0.1) is 0 Å². The number of pyridine rings is 1. The number of rotatable bonds is 3. The van der Waals surface area contributed by atoms with Crippen molar-refractivity contribution in [2.75, 3.05) is 31.1 Å². The molecule has 0 atom stereocenters.